The lowest BCUT2D eigenvalue weighted by molar-refractivity contribution is -0.133. The molecule has 0 aliphatic heterocycles. The first kappa shape index (κ1) is 18.2. The molecule has 144 valence electrons. The molecule has 4 aliphatic carbocycles. The number of fused-ring (bicyclic) bond motifs is 5. The molecule has 4 fully saturated rings. The Morgan fingerprint density at radius 2 is 2.00 bits per heavy atom. The number of allylic oxidation sites excluding steroid dienone is 1. The zero-order valence-corrected chi connectivity index (χ0v) is 16.4. The molecule has 0 saturated heterocycles. The first-order chi connectivity index (χ1) is 12.4. The van der Waals surface area contributed by atoms with Crippen LogP contribution in [0.5, 0.6) is 0 Å². The van der Waals surface area contributed by atoms with Crippen LogP contribution in [-0.4, -0.2) is 24.6 Å². The second-order valence-corrected chi connectivity index (χ2v) is 9.71. The summed E-state index contributed by atoms with van der Waals surface area (Å²) in [5, 5.41) is 4.36. The summed E-state index contributed by atoms with van der Waals surface area (Å²) in [7, 11) is 0. The molecule has 0 amide bonds. The topological polar surface area (TPSA) is 64.7 Å². The molecule has 2 N–H and O–H groups in total. The second kappa shape index (κ2) is 6.47. The van der Waals surface area contributed by atoms with Crippen molar-refractivity contribution >= 4 is 11.5 Å². The molecule has 4 aliphatic rings. The smallest absolute Gasteiger partial charge is 0.139 e. The summed E-state index contributed by atoms with van der Waals surface area (Å²) < 4.78 is 0. The van der Waals surface area contributed by atoms with E-state index >= 15 is 0 Å². The standard InChI is InChI=1S/C22H34N2O2/c1-14-12-15-13-16(24-26-11-10-23)6-8-21(15,2)18-7-9-22(3)17(20(14)18)4-5-19(22)25/h15,17-18,20H,1,4-13,23H2,2-3H3/b24-16-/t15?,17-,18-,20-,21-,22-/m0/s1. The molecule has 0 spiro atoms. The number of hydrogen-bond acceptors (Lipinski definition) is 4. The van der Waals surface area contributed by atoms with Crippen molar-refractivity contribution in [3.63, 3.8) is 0 Å². The number of ketones is 1. The summed E-state index contributed by atoms with van der Waals surface area (Å²) in [5.41, 5.74) is 8.38. The van der Waals surface area contributed by atoms with Crippen LogP contribution in [-0.2, 0) is 9.63 Å². The maximum absolute atomic E-state index is 12.6. The van der Waals surface area contributed by atoms with Crippen molar-refractivity contribution in [1.29, 1.82) is 0 Å². The largest absolute Gasteiger partial charge is 0.395 e. The number of rotatable bonds is 3. The zero-order chi connectivity index (χ0) is 18.5. The predicted molar refractivity (Wildman–Crippen MR) is 104 cm³/mol. The van der Waals surface area contributed by atoms with Gasteiger partial charge in [0.1, 0.15) is 12.4 Å². The molecule has 0 radical (unpaired) electrons. The molecule has 6 atom stereocenters. The lowest BCUT2D eigenvalue weighted by atomic mass is 9.44. The van der Waals surface area contributed by atoms with Gasteiger partial charge in [0.2, 0.25) is 0 Å². The normalized spacial score (nSPS) is 46.7. The van der Waals surface area contributed by atoms with E-state index in [4.69, 9.17) is 10.6 Å². The van der Waals surface area contributed by atoms with E-state index in [1.165, 1.54) is 24.1 Å². The number of Topliss-reactive ketones (excluding diaryl/α,β-unsaturated/α-hetero) is 1. The lowest BCUT2D eigenvalue weighted by Crippen LogP contribution is -2.54. The van der Waals surface area contributed by atoms with Gasteiger partial charge >= 0.3 is 0 Å². The van der Waals surface area contributed by atoms with Crippen molar-refractivity contribution < 1.29 is 9.63 Å². The molecule has 4 nitrogen and oxygen atoms in total. The molecule has 4 saturated carbocycles. The van der Waals surface area contributed by atoms with Crippen LogP contribution in [0.2, 0.25) is 0 Å². The lowest BCUT2D eigenvalue weighted by Gasteiger charge is -2.60. The maximum Gasteiger partial charge on any atom is 0.139 e. The molecular formula is C22H34N2O2. The van der Waals surface area contributed by atoms with Crippen molar-refractivity contribution in [2.45, 2.75) is 65.2 Å². The Bertz CT molecular complexity index is 642. The highest BCUT2D eigenvalue weighted by atomic mass is 16.6. The van der Waals surface area contributed by atoms with Gasteiger partial charge in [-0.3, -0.25) is 4.79 Å². The Morgan fingerprint density at radius 3 is 2.77 bits per heavy atom. The summed E-state index contributed by atoms with van der Waals surface area (Å²) >= 11 is 0. The molecule has 1 unspecified atom stereocenters. The Balaban J connectivity index is 1.57. The Labute approximate surface area is 157 Å². The third kappa shape index (κ3) is 2.59. The van der Waals surface area contributed by atoms with Crippen molar-refractivity contribution in [3.8, 4) is 0 Å². The highest BCUT2D eigenvalue weighted by Gasteiger charge is 2.61. The van der Waals surface area contributed by atoms with Crippen molar-refractivity contribution in [2.24, 2.45) is 45.4 Å². The third-order valence-electron chi connectivity index (χ3n) is 8.58. The van der Waals surface area contributed by atoms with Crippen molar-refractivity contribution in [1.82, 2.24) is 0 Å². The van der Waals surface area contributed by atoms with Gasteiger partial charge in [-0.1, -0.05) is 31.2 Å². The van der Waals surface area contributed by atoms with E-state index < -0.39 is 0 Å². The van der Waals surface area contributed by atoms with E-state index in [0.29, 0.717) is 48.0 Å². The molecule has 0 aromatic rings. The van der Waals surface area contributed by atoms with Crippen molar-refractivity contribution in [2.75, 3.05) is 13.2 Å². The maximum atomic E-state index is 12.6. The van der Waals surface area contributed by atoms with Gasteiger partial charge in [0.15, 0.2) is 0 Å². The summed E-state index contributed by atoms with van der Waals surface area (Å²) in [4.78, 5) is 17.9. The predicted octanol–water partition coefficient (Wildman–Crippen LogP) is 4.10. The molecule has 4 rings (SSSR count). The molecule has 0 aromatic carbocycles. The summed E-state index contributed by atoms with van der Waals surface area (Å²) in [6, 6.07) is 0. The fourth-order valence-corrected chi connectivity index (χ4v) is 6.98. The summed E-state index contributed by atoms with van der Waals surface area (Å²) in [6.07, 6.45) is 8.48. The minimum atomic E-state index is -0.0787. The molecule has 0 heterocycles. The van der Waals surface area contributed by atoms with E-state index in [-0.39, 0.29) is 5.41 Å². The minimum absolute atomic E-state index is 0.0787. The van der Waals surface area contributed by atoms with Gasteiger partial charge in [-0.2, -0.15) is 0 Å². The Morgan fingerprint density at radius 1 is 1.19 bits per heavy atom. The number of carbonyl (C=O) groups is 1. The summed E-state index contributed by atoms with van der Waals surface area (Å²) in [5.74, 6) is 2.89. The van der Waals surface area contributed by atoms with Gasteiger partial charge in [0.25, 0.3) is 0 Å². The van der Waals surface area contributed by atoms with E-state index in [2.05, 4.69) is 25.6 Å². The van der Waals surface area contributed by atoms with Gasteiger partial charge < -0.3 is 10.6 Å². The molecule has 4 heteroatoms. The van der Waals surface area contributed by atoms with Crippen LogP contribution in [0.25, 0.3) is 0 Å². The number of carbonyl (C=O) groups excluding carboxylic acids is 1. The monoisotopic (exact) mass is 358 g/mol. The first-order valence-electron chi connectivity index (χ1n) is 10.5. The molecular weight excluding hydrogens is 324 g/mol. The van der Waals surface area contributed by atoms with E-state index in [1.807, 2.05) is 0 Å². The second-order valence-electron chi connectivity index (χ2n) is 9.71. The Kier molecular flexibility index (Phi) is 4.53. The molecule has 0 aromatic heterocycles. The van der Waals surface area contributed by atoms with Gasteiger partial charge in [0, 0.05) is 18.4 Å². The van der Waals surface area contributed by atoms with E-state index in [9.17, 15) is 4.79 Å². The SMILES string of the molecule is C=C1CC2C/C(=N\OCCN)CC[C@]2(C)[C@H]2CC[C@]3(C)C(=O)CC[C@H]3[C@H]12. The van der Waals surface area contributed by atoms with Crippen LogP contribution in [0.1, 0.15) is 65.2 Å². The van der Waals surface area contributed by atoms with E-state index in [1.54, 1.807) is 0 Å². The molecule has 0 bridgehead atoms. The average Bonchev–Trinajstić information content (AvgIpc) is 2.92. The third-order valence-corrected chi connectivity index (χ3v) is 8.58. The highest BCUT2D eigenvalue weighted by Crippen LogP contribution is 2.66. The van der Waals surface area contributed by atoms with Crippen LogP contribution in [0.15, 0.2) is 17.3 Å². The van der Waals surface area contributed by atoms with Crippen LogP contribution in [0.3, 0.4) is 0 Å². The van der Waals surface area contributed by atoms with Crippen LogP contribution >= 0.6 is 0 Å². The van der Waals surface area contributed by atoms with Gasteiger partial charge in [-0.25, -0.2) is 0 Å². The van der Waals surface area contributed by atoms with Crippen LogP contribution in [0.4, 0.5) is 0 Å². The van der Waals surface area contributed by atoms with Crippen molar-refractivity contribution in [3.05, 3.63) is 12.2 Å². The average molecular weight is 359 g/mol. The number of nitrogens with two attached hydrogens (primary N) is 1. The number of hydrogen-bond donors (Lipinski definition) is 1. The fourth-order valence-electron chi connectivity index (χ4n) is 6.98. The van der Waals surface area contributed by atoms with Crippen LogP contribution in [0, 0.1) is 34.5 Å². The number of nitrogens with zero attached hydrogens (tertiary/aromatic N) is 1. The highest BCUT2D eigenvalue weighted by molar-refractivity contribution is 5.87. The number of oxime groups is 1. The fraction of sp³-hybridized carbons (Fsp3) is 0.818. The zero-order valence-electron chi connectivity index (χ0n) is 16.4. The first-order valence-corrected chi connectivity index (χ1v) is 10.5. The van der Waals surface area contributed by atoms with Gasteiger partial charge in [-0.15, -0.1) is 0 Å². The van der Waals surface area contributed by atoms with E-state index in [0.717, 1.165) is 38.5 Å². The van der Waals surface area contributed by atoms with Crippen LogP contribution < -0.4 is 5.73 Å². The molecule has 26 heavy (non-hydrogen) atoms. The Hall–Kier alpha value is -1.16. The quantitative estimate of drug-likeness (QED) is 0.469. The van der Waals surface area contributed by atoms with Gasteiger partial charge in [0.05, 0.1) is 5.71 Å². The summed E-state index contributed by atoms with van der Waals surface area (Å²) in [6.45, 7) is 10.3. The minimum Gasteiger partial charge on any atom is -0.395 e. The van der Waals surface area contributed by atoms with Gasteiger partial charge in [-0.05, 0) is 74.0 Å².